The fourth-order valence-electron chi connectivity index (χ4n) is 3.64. The first-order chi connectivity index (χ1) is 13.3. The zero-order valence-electron chi connectivity index (χ0n) is 15.1. The molecule has 0 amide bonds. The predicted octanol–water partition coefficient (Wildman–Crippen LogP) is 4.89. The topological polar surface area (TPSA) is 20.2 Å². The molecule has 4 aromatic rings. The maximum Gasteiger partial charge on any atom is 0.116 e. The van der Waals surface area contributed by atoms with Crippen molar-refractivity contribution in [1.82, 2.24) is 0 Å². The van der Waals surface area contributed by atoms with E-state index >= 15 is 0 Å². The van der Waals surface area contributed by atoms with Crippen LogP contribution in [0, 0.1) is 0 Å². The summed E-state index contributed by atoms with van der Waals surface area (Å²) in [7, 11) is -1.87. The minimum Gasteiger partial charge on any atom is -0.508 e. The van der Waals surface area contributed by atoms with Gasteiger partial charge in [0.1, 0.15) is 28.9 Å². The second-order valence-electron chi connectivity index (χ2n) is 6.64. The van der Waals surface area contributed by atoms with Gasteiger partial charge in [-0.3, -0.25) is 0 Å². The molecule has 0 aliphatic carbocycles. The Morgan fingerprint density at radius 2 is 0.852 bits per heavy atom. The molecule has 1 N–H and O–H groups in total. The molecule has 4 aromatic carbocycles. The van der Waals surface area contributed by atoms with Gasteiger partial charge >= 0.3 is 0 Å². The second kappa shape index (κ2) is 7.78. The molecule has 0 unspecified atom stereocenters. The van der Waals surface area contributed by atoms with Crippen LogP contribution in [0.4, 0.5) is 0 Å². The van der Waals surface area contributed by atoms with Gasteiger partial charge in [-0.1, -0.05) is 66.7 Å². The van der Waals surface area contributed by atoms with E-state index in [4.69, 9.17) is 0 Å². The molecule has 0 fully saturated rings. The Morgan fingerprint density at radius 3 is 1.22 bits per heavy atom. The third-order valence-electron chi connectivity index (χ3n) is 4.95. The Morgan fingerprint density at radius 1 is 0.481 bits per heavy atom. The largest absolute Gasteiger partial charge is 0.508 e. The maximum absolute atomic E-state index is 9.72. The summed E-state index contributed by atoms with van der Waals surface area (Å²) in [6.45, 7) is 0. The van der Waals surface area contributed by atoms with Crippen molar-refractivity contribution >= 4 is 23.2 Å². The standard InChI is InChI=1S/C25H21OP/c26-22-18-16-21(17-19-22)20-27(23-10-4-1-5-11-23,24-12-6-2-7-13-24)25-14-8-3-9-15-25/h1-19H,20H2/p+1. The van der Waals surface area contributed by atoms with Crippen molar-refractivity contribution in [3.05, 3.63) is 121 Å². The first kappa shape index (κ1) is 17.5. The van der Waals surface area contributed by atoms with Gasteiger partial charge in [0.2, 0.25) is 0 Å². The van der Waals surface area contributed by atoms with Crippen LogP contribution in [0.1, 0.15) is 5.56 Å². The summed E-state index contributed by atoms with van der Waals surface area (Å²) in [5.41, 5.74) is 1.23. The van der Waals surface area contributed by atoms with Crippen LogP contribution >= 0.6 is 7.26 Å². The van der Waals surface area contributed by atoms with E-state index in [1.165, 1.54) is 21.5 Å². The number of phenolic OH excluding ortho intramolecular Hbond substituents is 1. The Labute approximate surface area is 161 Å². The summed E-state index contributed by atoms with van der Waals surface area (Å²) in [6.07, 6.45) is 0.922. The molecule has 132 valence electrons. The molecule has 1 nitrogen and oxygen atoms in total. The molecule has 0 spiro atoms. The first-order valence-corrected chi connectivity index (χ1v) is 11.1. The Hall–Kier alpha value is -2.89. The van der Waals surface area contributed by atoms with Crippen molar-refractivity contribution in [3.8, 4) is 5.75 Å². The van der Waals surface area contributed by atoms with Crippen molar-refractivity contribution in [2.24, 2.45) is 0 Å². The predicted molar refractivity (Wildman–Crippen MR) is 117 cm³/mol. The lowest BCUT2D eigenvalue weighted by molar-refractivity contribution is 0.475. The minimum absolute atomic E-state index is 0.307. The van der Waals surface area contributed by atoms with Crippen LogP contribution in [0.3, 0.4) is 0 Å². The summed E-state index contributed by atoms with van der Waals surface area (Å²) in [6, 6.07) is 40.2. The molecule has 0 saturated carbocycles. The van der Waals surface area contributed by atoms with E-state index in [2.05, 4.69) is 91.0 Å². The highest BCUT2D eigenvalue weighted by Crippen LogP contribution is 2.58. The van der Waals surface area contributed by atoms with Crippen LogP contribution in [0.5, 0.6) is 5.75 Å². The zero-order valence-corrected chi connectivity index (χ0v) is 16.0. The van der Waals surface area contributed by atoms with Crippen LogP contribution < -0.4 is 15.9 Å². The molecule has 0 radical (unpaired) electrons. The van der Waals surface area contributed by atoms with Crippen LogP contribution in [-0.2, 0) is 6.16 Å². The lowest BCUT2D eigenvalue weighted by Crippen LogP contribution is -2.32. The molecule has 27 heavy (non-hydrogen) atoms. The molecule has 0 atom stereocenters. The molecule has 0 aliphatic heterocycles. The van der Waals surface area contributed by atoms with Gasteiger partial charge in [0, 0.05) is 0 Å². The Balaban J connectivity index is 1.98. The van der Waals surface area contributed by atoms with Crippen molar-refractivity contribution < 1.29 is 5.11 Å². The van der Waals surface area contributed by atoms with Gasteiger partial charge in [-0.2, -0.15) is 0 Å². The van der Waals surface area contributed by atoms with Crippen molar-refractivity contribution in [2.75, 3.05) is 0 Å². The SMILES string of the molecule is Oc1ccc(C[P+](c2ccccc2)(c2ccccc2)c2ccccc2)cc1. The highest BCUT2D eigenvalue weighted by molar-refractivity contribution is 7.95. The van der Waals surface area contributed by atoms with E-state index in [1.54, 1.807) is 12.1 Å². The number of hydrogen-bond acceptors (Lipinski definition) is 1. The van der Waals surface area contributed by atoms with Gasteiger partial charge in [-0.25, -0.2) is 0 Å². The number of benzene rings is 4. The van der Waals surface area contributed by atoms with Crippen LogP contribution in [0.2, 0.25) is 0 Å². The highest BCUT2D eigenvalue weighted by Gasteiger charge is 2.45. The van der Waals surface area contributed by atoms with Gasteiger partial charge in [0.25, 0.3) is 0 Å². The minimum atomic E-state index is -1.87. The lowest BCUT2D eigenvalue weighted by Gasteiger charge is -2.27. The number of hydrogen-bond donors (Lipinski definition) is 1. The van der Waals surface area contributed by atoms with E-state index in [0.29, 0.717) is 5.75 Å². The normalized spacial score (nSPS) is 11.3. The molecule has 4 rings (SSSR count). The molecule has 0 heterocycles. The Bertz CT molecular complexity index is 884. The van der Waals surface area contributed by atoms with Gasteiger partial charge in [0.15, 0.2) is 0 Å². The highest BCUT2D eigenvalue weighted by atomic mass is 31.2. The van der Waals surface area contributed by atoms with Gasteiger partial charge in [0.05, 0.1) is 6.16 Å². The van der Waals surface area contributed by atoms with E-state index in [9.17, 15) is 5.11 Å². The summed E-state index contributed by atoms with van der Waals surface area (Å²) >= 11 is 0. The second-order valence-corrected chi connectivity index (χ2v) is 10.1. The van der Waals surface area contributed by atoms with Gasteiger partial charge < -0.3 is 5.11 Å². The third-order valence-corrected chi connectivity index (χ3v) is 9.33. The summed E-state index contributed by atoms with van der Waals surface area (Å²) in [4.78, 5) is 0. The fraction of sp³-hybridized carbons (Fsp3) is 0.0400. The van der Waals surface area contributed by atoms with Crippen LogP contribution in [0.15, 0.2) is 115 Å². The van der Waals surface area contributed by atoms with Crippen molar-refractivity contribution in [3.63, 3.8) is 0 Å². The summed E-state index contributed by atoms with van der Waals surface area (Å²) in [5, 5.41) is 13.8. The third kappa shape index (κ3) is 3.52. The molecule has 0 aromatic heterocycles. The van der Waals surface area contributed by atoms with Gasteiger partial charge in [-0.15, -0.1) is 0 Å². The monoisotopic (exact) mass is 369 g/mol. The van der Waals surface area contributed by atoms with E-state index in [-0.39, 0.29) is 0 Å². The first-order valence-electron chi connectivity index (χ1n) is 9.12. The lowest BCUT2D eigenvalue weighted by atomic mass is 10.2. The van der Waals surface area contributed by atoms with Crippen molar-refractivity contribution in [2.45, 2.75) is 6.16 Å². The van der Waals surface area contributed by atoms with Crippen LogP contribution in [-0.4, -0.2) is 5.11 Å². The van der Waals surface area contributed by atoms with E-state index < -0.39 is 7.26 Å². The summed E-state index contributed by atoms with van der Waals surface area (Å²) in [5.74, 6) is 0.307. The molecule has 2 heteroatoms. The molecular weight excluding hydrogens is 347 g/mol. The average Bonchev–Trinajstić information content (AvgIpc) is 2.75. The molecular formula is C25H22OP+. The maximum atomic E-state index is 9.72. The summed E-state index contributed by atoms with van der Waals surface area (Å²) < 4.78 is 0. The number of rotatable bonds is 5. The zero-order chi connectivity index (χ0) is 18.5. The Kier molecular flexibility index (Phi) is 5.05. The number of aromatic hydroxyl groups is 1. The quantitative estimate of drug-likeness (QED) is 0.497. The molecule has 0 saturated heterocycles. The average molecular weight is 369 g/mol. The smallest absolute Gasteiger partial charge is 0.116 e. The van der Waals surface area contributed by atoms with Crippen molar-refractivity contribution in [1.29, 1.82) is 0 Å². The molecule has 0 bridgehead atoms. The van der Waals surface area contributed by atoms with Crippen LogP contribution in [0.25, 0.3) is 0 Å². The van der Waals surface area contributed by atoms with E-state index in [1.807, 2.05) is 12.1 Å². The van der Waals surface area contributed by atoms with E-state index in [0.717, 1.165) is 6.16 Å². The fourth-order valence-corrected chi connectivity index (χ4v) is 7.89. The number of phenols is 1. The molecule has 0 aliphatic rings. The van der Waals surface area contributed by atoms with Gasteiger partial charge in [-0.05, 0) is 54.1 Å².